The molecule has 0 bridgehead atoms. The number of nitrogens with zero attached hydrogens (tertiary/aromatic N) is 3. The van der Waals surface area contributed by atoms with Gasteiger partial charge in [-0.1, -0.05) is 36.4 Å². The molecule has 1 amide bonds. The number of aliphatic carboxylic acids is 3. The monoisotopic (exact) mass is 638 g/mol. The molecule has 2 aliphatic rings. The molecule has 1 aliphatic heterocycles. The van der Waals surface area contributed by atoms with Crippen molar-refractivity contribution in [2.75, 3.05) is 26.2 Å². The maximum absolute atomic E-state index is 13.1. The van der Waals surface area contributed by atoms with Crippen molar-refractivity contribution in [3.63, 3.8) is 0 Å². The van der Waals surface area contributed by atoms with Crippen LogP contribution in [0.3, 0.4) is 0 Å². The predicted octanol–water partition coefficient (Wildman–Crippen LogP) is 2.06. The number of amides is 1. The smallest absolute Gasteiger partial charge is 0.336 e. The number of carboxylic acids is 3. The van der Waals surface area contributed by atoms with E-state index in [-0.39, 0.29) is 11.6 Å². The first-order chi connectivity index (χ1) is 21.8. The lowest BCUT2D eigenvalue weighted by Gasteiger charge is -2.40. The predicted molar refractivity (Wildman–Crippen MR) is 169 cm³/mol. The van der Waals surface area contributed by atoms with E-state index in [0.29, 0.717) is 18.5 Å². The van der Waals surface area contributed by atoms with Crippen molar-refractivity contribution in [2.45, 2.75) is 76.0 Å². The minimum atomic E-state index is -2.74. The SMILES string of the molecule is CC(=O)NCCn1c(=O)n(CCCN2CCC3(CCc4ccccc43)CC2)c2ccccc21.O=C(O)CC(O)(CC(=O)O)C(=O)O. The van der Waals surface area contributed by atoms with E-state index < -0.39 is 36.4 Å². The highest BCUT2D eigenvalue weighted by atomic mass is 16.4. The third kappa shape index (κ3) is 8.01. The number of rotatable bonds is 12. The van der Waals surface area contributed by atoms with Gasteiger partial charge >= 0.3 is 23.6 Å². The third-order valence-corrected chi connectivity index (χ3v) is 9.05. The summed E-state index contributed by atoms with van der Waals surface area (Å²) < 4.78 is 3.69. The molecular weight excluding hydrogens is 596 g/mol. The average Bonchev–Trinajstić information content (AvgIpc) is 3.48. The van der Waals surface area contributed by atoms with Crippen LogP contribution >= 0.6 is 0 Å². The fourth-order valence-corrected chi connectivity index (χ4v) is 6.70. The van der Waals surface area contributed by atoms with Gasteiger partial charge in [-0.3, -0.25) is 23.5 Å². The van der Waals surface area contributed by atoms with Crippen molar-refractivity contribution in [1.29, 1.82) is 0 Å². The number of para-hydroxylation sites is 2. The van der Waals surface area contributed by atoms with Crippen LogP contribution in [0.4, 0.5) is 0 Å². The number of hydrogen-bond acceptors (Lipinski definition) is 7. The molecule has 0 unspecified atom stereocenters. The number of carbonyl (C=O) groups excluding carboxylic acids is 1. The van der Waals surface area contributed by atoms with Crippen LogP contribution in [0.25, 0.3) is 11.0 Å². The fraction of sp³-hybridized carbons (Fsp3) is 0.485. The number of aliphatic hydroxyl groups is 1. The number of hydrogen-bond donors (Lipinski definition) is 5. The second-order valence-corrected chi connectivity index (χ2v) is 12.2. The van der Waals surface area contributed by atoms with Crippen LogP contribution in [0.2, 0.25) is 0 Å². The van der Waals surface area contributed by atoms with E-state index >= 15 is 0 Å². The number of fused-ring (bicyclic) bond motifs is 3. The van der Waals surface area contributed by atoms with Crippen molar-refractivity contribution in [2.24, 2.45) is 0 Å². The molecule has 13 heteroatoms. The van der Waals surface area contributed by atoms with E-state index in [1.165, 1.54) is 32.6 Å². The molecule has 248 valence electrons. The Hall–Kier alpha value is -4.49. The number of imidazole rings is 1. The van der Waals surface area contributed by atoms with E-state index in [0.717, 1.165) is 43.6 Å². The summed E-state index contributed by atoms with van der Waals surface area (Å²) in [6, 6.07) is 17.0. The average molecular weight is 639 g/mol. The normalized spacial score (nSPS) is 15.6. The Bertz CT molecular complexity index is 1620. The van der Waals surface area contributed by atoms with Gasteiger partial charge in [-0.15, -0.1) is 0 Å². The van der Waals surface area contributed by atoms with E-state index in [2.05, 4.69) is 34.5 Å². The number of carbonyl (C=O) groups is 4. The van der Waals surface area contributed by atoms with Gasteiger partial charge in [-0.2, -0.15) is 0 Å². The Balaban J connectivity index is 0.000000315. The summed E-state index contributed by atoms with van der Waals surface area (Å²) >= 11 is 0. The van der Waals surface area contributed by atoms with Crippen LogP contribution in [0, 0.1) is 0 Å². The molecule has 13 nitrogen and oxygen atoms in total. The maximum atomic E-state index is 13.1. The van der Waals surface area contributed by atoms with Gasteiger partial charge in [0.2, 0.25) is 5.91 Å². The molecule has 2 heterocycles. The largest absolute Gasteiger partial charge is 0.481 e. The van der Waals surface area contributed by atoms with Crippen LogP contribution in [0.5, 0.6) is 0 Å². The Morgan fingerprint density at radius 3 is 1.96 bits per heavy atom. The highest BCUT2D eigenvalue weighted by Gasteiger charge is 2.41. The summed E-state index contributed by atoms with van der Waals surface area (Å²) in [4.78, 5) is 57.4. The molecular formula is C33H42N4O9. The number of aryl methyl sites for hydroxylation is 2. The molecule has 1 spiro atoms. The quantitative estimate of drug-likeness (QED) is 0.196. The van der Waals surface area contributed by atoms with Crippen LogP contribution in [-0.4, -0.2) is 90.1 Å². The molecule has 1 aromatic heterocycles. The summed E-state index contributed by atoms with van der Waals surface area (Å²) in [5.41, 5.74) is 2.74. The first-order valence-corrected chi connectivity index (χ1v) is 15.5. The Kier molecular flexibility index (Phi) is 11.0. The Morgan fingerprint density at radius 2 is 1.39 bits per heavy atom. The van der Waals surface area contributed by atoms with Gasteiger partial charge < -0.3 is 30.6 Å². The number of piperidine rings is 1. The molecule has 1 fully saturated rings. The summed E-state index contributed by atoms with van der Waals surface area (Å²) in [6.45, 7) is 6.47. The minimum Gasteiger partial charge on any atom is -0.481 e. The van der Waals surface area contributed by atoms with Crippen LogP contribution < -0.4 is 11.0 Å². The van der Waals surface area contributed by atoms with Crippen molar-refractivity contribution in [3.05, 3.63) is 70.1 Å². The zero-order valence-corrected chi connectivity index (χ0v) is 26.0. The molecule has 1 aliphatic carbocycles. The summed E-state index contributed by atoms with van der Waals surface area (Å²) in [5.74, 6) is -5.09. The Morgan fingerprint density at radius 1 is 0.826 bits per heavy atom. The zero-order chi connectivity index (χ0) is 33.5. The minimum absolute atomic E-state index is 0.0155. The highest BCUT2D eigenvalue weighted by Crippen LogP contribution is 2.46. The molecule has 3 aromatic rings. The van der Waals surface area contributed by atoms with Crippen LogP contribution in [0.1, 0.15) is 56.6 Å². The van der Waals surface area contributed by atoms with Crippen molar-refractivity contribution < 1.29 is 39.6 Å². The molecule has 46 heavy (non-hydrogen) atoms. The number of aromatic nitrogens is 2. The van der Waals surface area contributed by atoms with Gasteiger partial charge in [0.05, 0.1) is 23.9 Å². The first kappa shape index (κ1) is 34.4. The molecule has 5 rings (SSSR count). The molecule has 1 saturated heterocycles. The zero-order valence-electron chi connectivity index (χ0n) is 26.0. The summed E-state index contributed by atoms with van der Waals surface area (Å²) in [7, 11) is 0. The molecule has 0 radical (unpaired) electrons. The van der Waals surface area contributed by atoms with Gasteiger partial charge in [0.25, 0.3) is 0 Å². The number of carboxylic acid groups (broad SMARTS) is 3. The lowest BCUT2D eigenvalue weighted by molar-refractivity contribution is -0.170. The highest BCUT2D eigenvalue weighted by molar-refractivity contribution is 5.88. The van der Waals surface area contributed by atoms with Crippen molar-refractivity contribution in [1.82, 2.24) is 19.4 Å². The third-order valence-electron chi connectivity index (χ3n) is 9.05. The van der Waals surface area contributed by atoms with Crippen molar-refractivity contribution in [3.8, 4) is 0 Å². The molecule has 0 saturated carbocycles. The second kappa shape index (κ2) is 14.7. The van der Waals surface area contributed by atoms with Gasteiger partial charge in [0, 0.05) is 26.6 Å². The van der Waals surface area contributed by atoms with Gasteiger partial charge in [0.15, 0.2) is 5.60 Å². The number of nitrogens with one attached hydrogen (secondary N) is 1. The second-order valence-electron chi connectivity index (χ2n) is 12.2. The maximum Gasteiger partial charge on any atom is 0.336 e. The first-order valence-electron chi connectivity index (χ1n) is 15.5. The van der Waals surface area contributed by atoms with Crippen LogP contribution in [-0.2, 0) is 44.1 Å². The van der Waals surface area contributed by atoms with E-state index in [9.17, 15) is 24.0 Å². The number of benzene rings is 2. The molecule has 2 aromatic carbocycles. The van der Waals surface area contributed by atoms with Gasteiger partial charge in [0.1, 0.15) is 0 Å². The molecule has 5 N–H and O–H groups in total. The van der Waals surface area contributed by atoms with E-state index in [1.807, 2.05) is 28.8 Å². The van der Waals surface area contributed by atoms with Crippen molar-refractivity contribution >= 4 is 34.8 Å². The lowest BCUT2D eigenvalue weighted by atomic mass is 9.74. The molecule has 0 atom stereocenters. The lowest BCUT2D eigenvalue weighted by Crippen LogP contribution is -2.42. The van der Waals surface area contributed by atoms with E-state index in [4.69, 9.17) is 20.4 Å². The summed E-state index contributed by atoms with van der Waals surface area (Å²) in [6.07, 6.45) is 3.68. The topological polar surface area (TPSA) is 191 Å². The summed E-state index contributed by atoms with van der Waals surface area (Å²) in [5, 5.41) is 36.6. The standard InChI is InChI=1S/C27H34N4O2.C6H8O7/c1-21(32)28-15-20-31-25-10-5-4-9-24(25)30(26(31)33)17-6-16-29-18-13-27(14-19-29)12-11-22-7-2-3-8-23(22)27;7-3(8)1-6(13,5(11)12)2-4(9)10/h2-5,7-10H,6,11-20H2,1H3,(H,28,32);13H,1-2H2,(H,7,8)(H,9,10)(H,11,12). The van der Waals surface area contributed by atoms with Gasteiger partial charge in [-0.25, -0.2) is 9.59 Å². The Labute approximate surface area is 266 Å². The fourth-order valence-electron chi connectivity index (χ4n) is 6.70. The van der Waals surface area contributed by atoms with Gasteiger partial charge in [-0.05, 0) is 80.4 Å². The number of likely N-dealkylation sites (tertiary alicyclic amines) is 1. The van der Waals surface area contributed by atoms with E-state index in [1.54, 1.807) is 15.7 Å². The van der Waals surface area contributed by atoms with Crippen LogP contribution in [0.15, 0.2) is 53.3 Å².